The van der Waals surface area contributed by atoms with Gasteiger partial charge in [-0.3, -0.25) is 9.59 Å². The van der Waals surface area contributed by atoms with Crippen LogP contribution in [0.2, 0.25) is 10.0 Å². The maximum absolute atomic E-state index is 15.2. The van der Waals surface area contributed by atoms with E-state index in [9.17, 15) is 9.59 Å². The van der Waals surface area contributed by atoms with Gasteiger partial charge in [0.25, 0.3) is 5.91 Å². The molecule has 2 heterocycles. The number of hydroxylamine groups is 1. The number of amides is 1. The van der Waals surface area contributed by atoms with Crippen LogP contribution in [0.15, 0.2) is 42.5 Å². The highest BCUT2D eigenvalue weighted by Crippen LogP contribution is 2.44. The van der Waals surface area contributed by atoms with E-state index < -0.39 is 23.7 Å². The summed E-state index contributed by atoms with van der Waals surface area (Å²) in [5, 5.41) is 2.96. The van der Waals surface area contributed by atoms with E-state index in [-0.39, 0.29) is 34.7 Å². The third-order valence-corrected chi connectivity index (χ3v) is 9.98. The van der Waals surface area contributed by atoms with Crippen molar-refractivity contribution < 1.29 is 27.9 Å². The minimum atomic E-state index is -0.989. The Morgan fingerprint density at radius 2 is 1.79 bits per heavy atom. The van der Waals surface area contributed by atoms with Crippen LogP contribution in [0.25, 0.3) is 11.1 Å². The van der Waals surface area contributed by atoms with Gasteiger partial charge in [0.15, 0.2) is 11.6 Å². The largest absolute Gasteiger partial charge is 0.484 e. The van der Waals surface area contributed by atoms with Crippen LogP contribution in [-0.4, -0.2) is 39.9 Å². The highest BCUT2D eigenvalue weighted by atomic mass is 35.5. The van der Waals surface area contributed by atoms with Crippen LogP contribution < -0.4 is 15.5 Å². The molecule has 3 aliphatic rings. The number of hydrogen-bond acceptors (Lipinski definition) is 7. The van der Waals surface area contributed by atoms with Crippen molar-refractivity contribution >= 4 is 40.8 Å². The molecule has 2 N–H and O–H groups in total. The summed E-state index contributed by atoms with van der Waals surface area (Å²) < 4.78 is 38.1. The van der Waals surface area contributed by atoms with Crippen molar-refractivity contribution in [1.29, 1.82) is 0 Å². The predicted molar refractivity (Wildman–Crippen MR) is 177 cm³/mol. The molecule has 250 valence electrons. The van der Waals surface area contributed by atoms with Crippen molar-refractivity contribution in [3.63, 3.8) is 0 Å². The van der Waals surface area contributed by atoms with Gasteiger partial charge >= 0.3 is 5.97 Å². The first kappa shape index (κ1) is 32.5. The number of aromatic nitrogens is 2. The number of benzene rings is 3. The number of fused-ring (bicyclic) bond motifs is 2. The first-order valence-corrected chi connectivity index (χ1v) is 16.6. The molecule has 1 aromatic heterocycles. The second-order valence-electron chi connectivity index (χ2n) is 12.5. The van der Waals surface area contributed by atoms with Crippen molar-refractivity contribution in [1.82, 2.24) is 19.9 Å². The Labute approximate surface area is 286 Å². The number of rotatable bonds is 9. The Morgan fingerprint density at radius 1 is 1.02 bits per heavy atom. The van der Waals surface area contributed by atoms with Crippen LogP contribution in [0, 0.1) is 17.6 Å². The molecule has 3 aromatic carbocycles. The van der Waals surface area contributed by atoms with Gasteiger partial charge in [-0.15, -0.1) is 5.48 Å². The average molecular weight is 697 g/mol. The van der Waals surface area contributed by atoms with Crippen LogP contribution in [0.3, 0.4) is 0 Å². The van der Waals surface area contributed by atoms with Gasteiger partial charge in [-0.25, -0.2) is 13.8 Å². The normalized spacial score (nSPS) is 17.2. The molecule has 13 heteroatoms. The van der Waals surface area contributed by atoms with Gasteiger partial charge in [-0.2, -0.15) is 0 Å². The maximum atomic E-state index is 15.2. The third kappa shape index (κ3) is 6.16. The SMILES string of the molecule is CN1CCc2c(nc(C(=O)Nc3cccc(-c4cccc5c4CCC5Oc4cc(F)c(CNOC(=O)C5CC5)c(F)c4Cl)c3Cl)n2C)C1. The molecule has 7 rings (SSSR count). The van der Waals surface area contributed by atoms with Gasteiger partial charge in [0.05, 0.1) is 28.9 Å². The standard InChI is InChI=1S/C35H33Cl2F2N5O4/c1-43-14-13-27-26(17-43)41-33(44(27)2)34(45)42-25-8-4-7-22(30(25)36)19-5-3-6-21-20(19)11-12-28(21)47-29-15-24(38)23(32(39)31(29)37)16-40-48-35(46)18-9-10-18/h3-8,15,18,28,40H,9-14,16-17H2,1-2H3,(H,42,45). The van der Waals surface area contributed by atoms with Gasteiger partial charge in [0.1, 0.15) is 22.7 Å². The summed E-state index contributed by atoms with van der Waals surface area (Å²) in [7, 11) is 3.88. The lowest BCUT2D eigenvalue weighted by atomic mass is 9.96. The fourth-order valence-corrected chi connectivity index (χ4v) is 6.95. The third-order valence-electron chi connectivity index (χ3n) is 9.22. The van der Waals surface area contributed by atoms with E-state index in [1.807, 2.05) is 49.0 Å². The number of halogens is 4. The summed E-state index contributed by atoms with van der Waals surface area (Å²) in [5.41, 5.74) is 7.79. The fourth-order valence-electron chi connectivity index (χ4n) is 6.46. The Hall–Kier alpha value is -4.03. The van der Waals surface area contributed by atoms with Gasteiger partial charge in [0, 0.05) is 49.4 Å². The monoisotopic (exact) mass is 695 g/mol. The molecule has 1 atom stereocenters. The second-order valence-corrected chi connectivity index (χ2v) is 13.3. The fraction of sp³-hybridized carbons (Fsp3) is 0.343. The number of nitrogens with one attached hydrogen (secondary N) is 2. The topological polar surface area (TPSA) is 97.7 Å². The lowest BCUT2D eigenvalue weighted by molar-refractivity contribution is -0.153. The lowest BCUT2D eigenvalue weighted by Crippen LogP contribution is -2.27. The number of hydrogen-bond donors (Lipinski definition) is 2. The zero-order valence-corrected chi connectivity index (χ0v) is 27.9. The number of likely N-dealkylation sites (N-methyl/N-ethyl adjacent to an activating group) is 1. The Morgan fingerprint density at radius 3 is 2.58 bits per heavy atom. The van der Waals surface area contributed by atoms with Gasteiger partial charge in [0.2, 0.25) is 0 Å². The smallest absolute Gasteiger partial charge is 0.327 e. The summed E-state index contributed by atoms with van der Waals surface area (Å²) in [6.07, 6.45) is 2.95. The molecule has 1 fully saturated rings. The Balaban J connectivity index is 1.09. The number of carbonyl (C=O) groups excluding carboxylic acids is 2. The molecule has 0 bridgehead atoms. The molecule has 1 amide bonds. The van der Waals surface area contributed by atoms with Crippen LogP contribution in [0.1, 0.15) is 64.1 Å². The molecule has 0 radical (unpaired) electrons. The highest BCUT2D eigenvalue weighted by molar-refractivity contribution is 6.36. The number of carbonyl (C=O) groups is 2. The van der Waals surface area contributed by atoms with Gasteiger partial charge in [-0.05, 0) is 55.5 Å². The van der Waals surface area contributed by atoms with Crippen molar-refractivity contribution in [2.45, 2.75) is 51.3 Å². The molecule has 1 unspecified atom stereocenters. The zero-order valence-electron chi connectivity index (χ0n) is 26.3. The summed E-state index contributed by atoms with van der Waals surface area (Å²) in [5.74, 6) is -2.63. The molecule has 1 aliphatic heterocycles. The van der Waals surface area contributed by atoms with E-state index in [1.165, 1.54) is 0 Å². The molecular weight excluding hydrogens is 663 g/mol. The number of anilines is 1. The molecule has 0 spiro atoms. The summed E-state index contributed by atoms with van der Waals surface area (Å²) in [6.45, 7) is 1.21. The van der Waals surface area contributed by atoms with E-state index in [1.54, 1.807) is 6.07 Å². The van der Waals surface area contributed by atoms with Crippen molar-refractivity contribution in [3.05, 3.63) is 98.0 Å². The minimum absolute atomic E-state index is 0.126. The number of imidazole rings is 1. The van der Waals surface area contributed by atoms with Crippen molar-refractivity contribution in [3.8, 4) is 16.9 Å². The highest BCUT2D eigenvalue weighted by Gasteiger charge is 2.32. The minimum Gasteiger partial charge on any atom is -0.484 e. The summed E-state index contributed by atoms with van der Waals surface area (Å²) in [6, 6.07) is 12.2. The molecule has 9 nitrogen and oxygen atoms in total. The molecule has 2 aliphatic carbocycles. The van der Waals surface area contributed by atoms with E-state index in [4.69, 9.17) is 32.8 Å². The van der Waals surface area contributed by atoms with E-state index in [0.717, 1.165) is 65.5 Å². The quantitative estimate of drug-likeness (QED) is 0.145. The molecule has 48 heavy (non-hydrogen) atoms. The summed E-state index contributed by atoms with van der Waals surface area (Å²) >= 11 is 13.2. The Bertz CT molecular complexity index is 1950. The molecule has 0 saturated heterocycles. The second kappa shape index (κ2) is 13.1. The molecular formula is C35H33Cl2F2N5O4. The van der Waals surface area contributed by atoms with E-state index in [2.05, 4.69) is 20.7 Å². The van der Waals surface area contributed by atoms with Crippen LogP contribution in [-0.2, 0) is 42.6 Å². The van der Waals surface area contributed by atoms with Crippen LogP contribution >= 0.6 is 23.2 Å². The summed E-state index contributed by atoms with van der Waals surface area (Å²) in [4.78, 5) is 36.8. The predicted octanol–water partition coefficient (Wildman–Crippen LogP) is 6.94. The van der Waals surface area contributed by atoms with Gasteiger partial charge in [-0.1, -0.05) is 53.5 Å². The first-order valence-electron chi connectivity index (χ1n) is 15.8. The van der Waals surface area contributed by atoms with Gasteiger partial charge < -0.3 is 24.4 Å². The number of ether oxygens (including phenoxy) is 1. The maximum Gasteiger partial charge on any atom is 0.327 e. The van der Waals surface area contributed by atoms with E-state index in [0.29, 0.717) is 35.9 Å². The molecule has 4 aromatic rings. The number of nitrogens with zero attached hydrogens (tertiary/aromatic N) is 3. The zero-order chi connectivity index (χ0) is 33.7. The van der Waals surface area contributed by atoms with E-state index >= 15 is 8.78 Å². The molecule has 1 saturated carbocycles. The van der Waals surface area contributed by atoms with Crippen LogP contribution in [0.4, 0.5) is 14.5 Å². The Kier molecular flexibility index (Phi) is 8.88. The first-order chi connectivity index (χ1) is 23.1. The average Bonchev–Trinajstić information content (AvgIpc) is 3.77. The lowest BCUT2D eigenvalue weighted by Gasteiger charge is -2.21. The van der Waals surface area contributed by atoms with Crippen molar-refractivity contribution in [2.75, 3.05) is 18.9 Å². The van der Waals surface area contributed by atoms with Crippen LogP contribution in [0.5, 0.6) is 5.75 Å². The van der Waals surface area contributed by atoms with Crippen molar-refractivity contribution in [2.24, 2.45) is 13.0 Å².